The standard InChI is InChI=1S/C17H29NO/c1-12-8-9-15(14(3)13(12)2)16(4,5)10-18-17(6,7)11-19/h8-9,18-19H,10-11H2,1-7H3. The van der Waals surface area contributed by atoms with E-state index in [2.05, 4.69) is 52.1 Å². The second-order valence-electron chi connectivity index (χ2n) is 6.96. The minimum atomic E-state index is -0.231. The van der Waals surface area contributed by atoms with Gasteiger partial charge >= 0.3 is 0 Å². The van der Waals surface area contributed by atoms with Crippen molar-refractivity contribution in [2.24, 2.45) is 0 Å². The summed E-state index contributed by atoms with van der Waals surface area (Å²) in [5, 5.41) is 12.8. The van der Waals surface area contributed by atoms with Crippen LogP contribution in [0.4, 0.5) is 0 Å². The maximum Gasteiger partial charge on any atom is 0.0607 e. The lowest BCUT2D eigenvalue weighted by molar-refractivity contribution is 0.181. The number of benzene rings is 1. The van der Waals surface area contributed by atoms with Crippen molar-refractivity contribution < 1.29 is 5.11 Å². The van der Waals surface area contributed by atoms with Crippen LogP contribution in [0, 0.1) is 20.8 Å². The van der Waals surface area contributed by atoms with Crippen molar-refractivity contribution in [2.45, 2.75) is 59.4 Å². The number of nitrogens with one attached hydrogen (secondary N) is 1. The summed E-state index contributed by atoms with van der Waals surface area (Å²) in [6, 6.07) is 4.45. The van der Waals surface area contributed by atoms with E-state index in [0.29, 0.717) is 0 Å². The van der Waals surface area contributed by atoms with Gasteiger partial charge in [-0.2, -0.15) is 0 Å². The lowest BCUT2D eigenvalue weighted by Crippen LogP contribution is -2.48. The smallest absolute Gasteiger partial charge is 0.0607 e. The van der Waals surface area contributed by atoms with E-state index >= 15 is 0 Å². The molecule has 0 amide bonds. The topological polar surface area (TPSA) is 32.3 Å². The summed E-state index contributed by atoms with van der Waals surface area (Å²) in [5.41, 5.74) is 5.32. The Labute approximate surface area is 118 Å². The molecule has 0 atom stereocenters. The Hall–Kier alpha value is -0.860. The highest BCUT2D eigenvalue weighted by Gasteiger charge is 2.26. The molecule has 1 aromatic carbocycles. The maximum atomic E-state index is 9.33. The molecule has 2 nitrogen and oxygen atoms in total. The zero-order valence-corrected chi connectivity index (χ0v) is 13.5. The molecule has 0 bridgehead atoms. The Morgan fingerprint density at radius 3 is 2.11 bits per heavy atom. The van der Waals surface area contributed by atoms with Crippen LogP contribution in [0.15, 0.2) is 12.1 Å². The first kappa shape index (κ1) is 16.2. The maximum absolute atomic E-state index is 9.33. The number of rotatable bonds is 5. The fourth-order valence-electron chi connectivity index (χ4n) is 2.30. The van der Waals surface area contributed by atoms with Crippen molar-refractivity contribution in [3.05, 3.63) is 34.4 Å². The van der Waals surface area contributed by atoms with Gasteiger partial charge in [-0.05, 0) is 56.9 Å². The van der Waals surface area contributed by atoms with E-state index in [1.165, 1.54) is 22.3 Å². The molecule has 0 unspecified atom stereocenters. The zero-order valence-electron chi connectivity index (χ0n) is 13.5. The van der Waals surface area contributed by atoms with Gasteiger partial charge in [-0.1, -0.05) is 26.0 Å². The van der Waals surface area contributed by atoms with Crippen LogP contribution < -0.4 is 5.32 Å². The van der Waals surface area contributed by atoms with E-state index in [-0.39, 0.29) is 17.6 Å². The number of hydrogen-bond donors (Lipinski definition) is 2. The van der Waals surface area contributed by atoms with Crippen LogP contribution in [-0.4, -0.2) is 23.8 Å². The van der Waals surface area contributed by atoms with Crippen LogP contribution in [-0.2, 0) is 5.41 Å². The van der Waals surface area contributed by atoms with Crippen molar-refractivity contribution >= 4 is 0 Å². The van der Waals surface area contributed by atoms with Crippen molar-refractivity contribution in [1.82, 2.24) is 5.32 Å². The highest BCUT2D eigenvalue weighted by atomic mass is 16.3. The highest BCUT2D eigenvalue weighted by Crippen LogP contribution is 2.29. The Morgan fingerprint density at radius 1 is 1.00 bits per heavy atom. The molecule has 0 aromatic heterocycles. The molecule has 0 fully saturated rings. The second kappa shape index (κ2) is 5.64. The molecule has 0 aliphatic rings. The molecule has 1 rings (SSSR count). The van der Waals surface area contributed by atoms with E-state index in [1.54, 1.807) is 0 Å². The van der Waals surface area contributed by atoms with Crippen molar-refractivity contribution in [3.63, 3.8) is 0 Å². The van der Waals surface area contributed by atoms with Crippen LogP contribution in [0.1, 0.15) is 49.9 Å². The fourth-order valence-corrected chi connectivity index (χ4v) is 2.30. The predicted octanol–water partition coefficient (Wildman–Crippen LogP) is 3.25. The summed E-state index contributed by atoms with van der Waals surface area (Å²) < 4.78 is 0. The van der Waals surface area contributed by atoms with Gasteiger partial charge in [-0.15, -0.1) is 0 Å². The number of aryl methyl sites for hydroxylation is 1. The van der Waals surface area contributed by atoms with Crippen LogP contribution in [0.2, 0.25) is 0 Å². The Balaban J connectivity index is 2.98. The lowest BCUT2D eigenvalue weighted by atomic mass is 9.79. The summed E-state index contributed by atoms with van der Waals surface area (Å²) in [4.78, 5) is 0. The first-order valence-electron chi connectivity index (χ1n) is 7.04. The zero-order chi connectivity index (χ0) is 14.8. The third-order valence-electron chi connectivity index (χ3n) is 4.19. The number of aliphatic hydroxyl groups excluding tert-OH is 1. The molecule has 0 aliphatic carbocycles. The summed E-state index contributed by atoms with van der Waals surface area (Å²) in [7, 11) is 0. The molecule has 0 aliphatic heterocycles. The van der Waals surface area contributed by atoms with E-state index in [1.807, 2.05) is 13.8 Å². The molecule has 0 radical (unpaired) electrons. The van der Waals surface area contributed by atoms with Crippen molar-refractivity contribution in [1.29, 1.82) is 0 Å². The average molecular weight is 263 g/mol. The van der Waals surface area contributed by atoms with Gasteiger partial charge in [0.15, 0.2) is 0 Å². The fraction of sp³-hybridized carbons (Fsp3) is 0.647. The van der Waals surface area contributed by atoms with Crippen molar-refractivity contribution in [2.75, 3.05) is 13.2 Å². The average Bonchev–Trinajstić information content (AvgIpc) is 2.34. The van der Waals surface area contributed by atoms with Crippen molar-refractivity contribution in [3.8, 4) is 0 Å². The van der Waals surface area contributed by atoms with Crippen LogP contribution in [0.3, 0.4) is 0 Å². The summed E-state index contributed by atoms with van der Waals surface area (Å²) >= 11 is 0. The SMILES string of the molecule is Cc1ccc(C(C)(C)CNC(C)(C)CO)c(C)c1C. The third-order valence-corrected chi connectivity index (χ3v) is 4.19. The predicted molar refractivity (Wildman–Crippen MR) is 82.8 cm³/mol. The number of hydrogen-bond acceptors (Lipinski definition) is 2. The molecule has 2 N–H and O–H groups in total. The molecule has 0 heterocycles. The quantitative estimate of drug-likeness (QED) is 0.854. The van der Waals surface area contributed by atoms with E-state index in [4.69, 9.17) is 0 Å². The van der Waals surface area contributed by atoms with Gasteiger partial charge in [0.2, 0.25) is 0 Å². The van der Waals surface area contributed by atoms with E-state index in [0.717, 1.165) is 6.54 Å². The first-order chi connectivity index (χ1) is 8.60. The van der Waals surface area contributed by atoms with Gasteiger partial charge in [0.1, 0.15) is 0 Å². The van der Waals surface area contributed by atoms with Crippen LogP contribution in [0.25, 0.3) is 0 Å². The Bertz CT molecular complexity index is 447. The molecule has 0 saturated heterocycles. The molecule has 19 heavy (non-hydrogen) atoms. The molecule has 108 valence electrons. The van der Waals surface area contributed by atoms with E-state index < -0.39 is 0 Å². The van der Waals surface area contributed by atoms with Gasteiger partial charge in [-0.3, -0.25) is 0 Å². The Morgan fingerprint density at radius 2 is 1.58 bits per heavy atom. The third kappa shape index (κ3) is 3.80. The monoisotopic (exact) mass is 263 g/mol. The lowest BCUT2D eigenvalue weighted by Gasteiger charge is -2.33. The molecule has 1 aromatic rings. The second-order valence-corrected chi connectivity index (χ2v) is 6.96. The Kier molecular flexibility index (Phi) is 4.81. The van der Waals surface area contributed by atoms with Crippen LogP contribution >= 0.6 is 0 Å². The summed E-state index contributed by atoms with van der Waals surface area (Å²) in [5.74, 6) is 0. The van der Waals surface area contributed by atoms with Gasteiger partial charge in [0.25, 0.3) is 0 Å². The molecule has 0 spiro atoms. The molecular weight excluding hydrogens is 234 g/mol. The summed E-state index contributed by atoms with van der Waals surface area (Å²) in [6.07, 6.45) is 0. The minimum absolute atomic E-state index is 0.0506. The first-order valence-corrected chi connectivity index (χ1v) is 7.04. The molecule has 0 saturated carbocycles. The normalized spacial score (nSPS) is 12.8. The van der Waals surface area contributed by atoms with Gasteiger partial charge in [0, 0.05) is 17.5 Å². The van der Waals surface area contributed by atoms with Crippen LogP contribution in [0.5, 0.6) is 0 Å². The highest BCUT2D eigenvalue weighted by molar-refractivity contribution is 5.42. The molecular formula is C17H29NO. The summed E-state index contributed by atoms with van der Waals surface area (Å²) in [6.45, 7) is 16.1. The number of aliphatic hydroxyl groups is 1. The minimum Gasteiger partial charge on any atom is -0.394 e. The van der Waals surface area contributed by atoms with Gasteiger partial charge in [-0.25, -0.2) is 0 Å². The largest absolute Gasteiger partial charge is 0.394 e. The van der Waals surface area contributed by atoms with Gasteiger partial charge in [0.05, 0.1) is 6.61 Å². The van der Waals surface area contributed by atoms with Gasteiger partial charge < -0.3 is 10.4 Å². The molecule has 2 heteroatoms. The van der Waals surface area contributed by atoms with E-state index in [9.17, 15) is 5.11 Å².